The van der Waals surface area contributed by atoms with Gasteiger partial charge in [-0.25, -0.2) is 0 Å². The van der Waals surface area contributed by atoms with Crippen molar-refractivity contribution in [2.75, 3.05) is 19.6 Å². The zero-order valence-electron chi connectivity index (χ0n) is 11.2. The molecule has 0 aromatic rings. The van der Waals surface area contributed by atoms with E-state index in [0.29, 0.717) is 11.9 Å². The zero-order valence-corrected chi connectivity index (χ0v) is 11.2. The van der Waals surface area contributed by atoms with Gasteiger partial charge in [0.2, 0.25) is 5.91 Å². The second-order valence-electron chi connectivity index (χ2n) is 5.98. The van der Waals surface area contributed by atoms with Crippen molar-refractivity contribution in [2.45, 2.75) is 52.0 Å². The van der Waals surface area contributed by atoms with Crippen LogP contribution in [0.15, 0.2) is 0 Å². The highest BCUT2D eigenvalue weighted by Gasteiger charge is 2.26. The van der Waals surface area contributed by atoms with Gasteiger partial charge in [-0.3, -0.25) is 4.79 Å². The van der Waals surface area contributed by atoms with E-state index in [0.717, 1.165) is 32.0 Å². The summed E-state index contributed by atoms with van der Waals surface area (Å²) in [5.41, 5.74) is 0. The molecular formula is C14H26N2O. The van der Waals surface area contributed by atoms with Gasteiger partial charge in [0.1, 0.15) is 0 Å². The molecule has 3 heteroatoms. The summed E-state index contributed by atoms with van der Waals surface area (Å²) in [7, 11) is 0. The SMILES string of the molecule is CC(C)C(=O)N1CCCC(NCC2CCC2)C1. The van der Waals surface area contributed by atoms with E-state index in [2.05, 4.69) is 5.32 Å². The largest absolute Gasteiger partial charge is 0.341 e. The molecule has 1 unspecified atom stereocenters. The molecule has 1 atom stereocenters. The monoisotopic (exact) mass is 238 g/mol. The quantitative estimate of drug-likeness (QED) is 0.812. The van der Waals surface area contributed by atoms with Crippen molar-refractivity contribution in [1.82, 2.24) is 10.2 Å². The second kappa shape index (κ2) is 5.85. The van der Waals surface area contributed by atoms with Crippen LogP contribution in [0.2, 0.25) is 0 Å². The van der Waals surface area contributed by atoms with E-state index in [1.54, 1.807) is 0 Å². The van der Waals surface area contributed by atoms with E-state index < -0.39 is 0 Å². The first-order valence-electron chi connectivity index (χ1n) is 7.19. The first-order chi connectivity index (χ1) is 8.16. The average Bonchev–Trinajstić information content (AvgIpc) is 2.26. The Morgan fingerprint density at radius 2 is 2.06 bits per heavy atom. The normalized spacial score (nSPS) is 26.1. The Morgan fingerprint density at radius 1 is 1.29 bits per heavy atom. The maximum Gasteiger partial charge on any atom is 0.225 e. The standard InChI is InChI=1S/C14H26N2O/c1-11(2)14(17)16-8-4-7-13(10-16)15-9-12-5-3-6-12/h11-13,15H,3-10H2,1-2H3. The fourth-order valence-electron chi connectivity index (χ4n) is 2.74. The lowest BCUT2D eigenvalue weighted by atomic mass is 9.85. The molecule has 17 heavy (non-hydrogen) atoms. The summed E-state index contributed by atoms with van der Waals surface area (Å²) in [6.07, 6.45) is 6.59. The number of carbonyl (C=O) groups excluding carboxylic acids is 1. The lowest BCUT2D eigenvalue weighted by molar-refractivity contribution is -0.135. The summed E-state index contributed by atoms with van der Waals surface area (Å²) in [5.74, 6) is 1.37. The highest BCUT2D eigenvalue weighted by atomic mass is 16.2. The first-order valence-corrected chi connectivity index (χ1v) is 7.19. The Bertz CT molecular complexity index is 261. The van der Waals surface area contributed by atoms with Crippen molar-refractivity contribution in [3.05, 3.63) is 0 Å². The Labute approximate surface area is 105 Å². The van der Waals surface area contributed by atoms with Crippen LogP contribution in [0.5, 0.6) is 0 Å². The minimum Gasteiger partial charge on any atom is -0.341 e. The van der Waals surface area contributed by atoms with Gasteiger partial charge in [0, 0.05) is 25.0 Å². The van der Waals surface area contributed by atoms with Gasteiger partial charge < -0.3 is 10.2 Å². The van der Waals surface area contributed by atoms with Crippen LogP contribution in [0, 0.1) is 11.8 Å². The number of hydrogen-bond acceptors (Lipinski definition) is 2. The molecule has 1 aliphatic heterocycles. The van der Waals surface area contributed by atoms with Crippen molar-refractivity contribution in [1.29, 1.82) is 0 Å². The Balaban J connectivity index is 1.73. The van der Waals surface area contributed by atoms with Gasteiger partial charge in [0.15, 0.2) is 0 Å². The van der Waals surface area contributed by atoms with Crippen molar-refractivity contribution in [3.8, 4) is 0 Å². The molecule has 2 fully saturated rings. The van der Waals surface area contributed by atoms with Crippen LogP contribution < -0.4 is 5.32 Å². The molecule has 0 spiro atoms. The van der Waals surface area contributed by atoms with E-state index in [1.807, 2.05) is 18.7 Å². The molecule has 3 nitrogen and oxygen atoms in total. The molecular weight excluding hydrogens is 212 g/mol. The van der Waals surface area contributed by atoms with Gasteiger partial charge in [-0.15, -0.1) is 0 Å². The zero-order chi connectivity index (χ0) is 12.3. The van der Waals surface area contributed by atoms with E-state index in [-0.39, 0.29) is 5.92 Å². The topological polar surface area (TPSA) is 32.3 Å². The minimum absolute atomic E-state index is 0.139. The Morgan fingerprint density at radius 3 is 2.65 bits per heavy atom. The highest BCUT2D eigenvalue weighted by Crippen LogP contribution is 2.25. The third-order valence-electron chi connectivity index (χ3n) is 4.15. The van der Waals surface area contributed by atoms with E-state index in [4.69, 9.17) is 0 Å². The second-order valence-corrected chi connectivity index (χ2v) is 5.98. The van der Waals surface area contributed by atoms with Crippen LogP contribution in [0.4, 0.5) is 0 Å². The van der Waals surface area contributed by atoms with Gasteiger partial charge in [-0.1, -0.05) is 20.3 Å². The molecule has 0 aromatic carbocycles. The maximum absolute atomic E-state index is 11.9. The summed E-state index contributed by atoms with van der Waals surface area (Å²) in [5, 5.41) is 3.65. The fourth-order valence-corrected chi connectivity index (χ4v) is 2.74. The number of piperidine rings is 1. The van der Waals surface area contributed by atoms with Gasteiger partial charge >= 0.3 is 0 Å². The maximum atomic E-state index is 11.9. The molecule has 1 amide bonds. The Kier molecular flexibility index (Phi) is 4.43. The summed E-state index contributed by atoms with van der Waals surface area (Å²) < 4.78 is 0. The van der Waals surface area contributed by atoms with Crippen molar-refractivity contribution >= 4 is 5.91 Å². The number of nitrogens with one attached hydrogen (secondary N) is 1. The van der Waals surface area contributed by atoms with Gasteiger partial charge in [0.25, 0.3) is 0 Å². The third-order valence-corrected chi connectivity index (χ3v) is 4.15. The van der Waals surface area contributed by atoms with Crippen molar-refractivity contribution in [2.24, 2.45) is 11.8 Å². The molecule has 1 saturated carbocycles. The number of carbonyl (C=O) groups is 1. The predicted molar refractivity (Wildman–Crippen MR) is 69.8 cm³/mol. The molecule has 0 radical (unpaired) electrons. The molecule has 2 rings (SSSR count). The summed E-state index contributed by atoms with van der Waals surface area (Å²) in [4.78, 5) is 14.0. The molecule has 0 bridgehead atoms. The summed E-state index contributed by atoms with van der Waals surface area (Å²) >= 11 is 0. The van der Waals surface area contributed by atoms with Crippen LogP contribution in [0.25, 0.3) is 0 Å². The molecule has 1 N–H and O–H groups in total. The smallest absolute Gasteiger partial charge is 0.225 e. The number of likely N-dealkylation sites (tertiary alicyclic amines) is 1. The number of hydrogen-bond donors (Lipinski definition) is 1. The molecule has 2 aliphatic rings. The molecule has 1 heterocycles. The molecule has 98 valence electrons. The van der Waals surface area contributed by atoms with Crippen LogP contribution in [0.3, 0.4) is 0 Å². The third kappa shape index (κ3) is 3.44. The van der Waals surface area contributed by atoms with E-state index >= 15 is 0 Å². The number of amides is 1. The van der Waals surface area contributed by atoms with Crippen molar-refractivity contribution < 1.29 is 4.79 Å². The van der Waals surface area contributed by atoms with E-state index in [9.17, 15) is 4.79 Å². The Hall–Kier alpha value is -0.570. The number of nitrogens with zero attached hydrogens (tertiary/aromatic N) is 1. The summed E-state index contributed by atoms with van der Waals surface area (Å²) in [6, 6.07) is 0.534. The first kappa shape index (κ1) is 12.9. The van der Waals surface area contributed by atoms with Crippen molar-refractivity contribution in [3.63, 3.8) is 0 Å². The van der Waals surface area contributed by atoms with Crippen LogP contribution in [-0.4, -0.2) is 36.5 Å². The van der Waals surface area contributed by atoms with E-state index in [1.165, 1.54) is 25.7 Å². The van der Waals surface area contributed by atoms with Gasteiger partial charge in [-0.05, 0) is 38.1 Å². The van der Waals surface area contributed by atoms with Crippen LogP contribution >= 0.6 is 0 Å². The summed E-state index contributed by atoms with van der Waals surface area (Å²) in [6.45, 7) is 7.03. The predicted octanol–water partition coefficient (Wildman–Crippen LogP) is 2.02. The van der Waals surface area contributed by atoms with Gasteiger partial charge in [-0.2, -0.15) is 0 Å². The highest BCUT2D eigenvalue weighted by molar-refractivity contribution is 5.78. The minimum atomic E-state index is 0.139. The molecule has 1 aliphatic carbocycles. The van der Waals surface area contributed by atoms with Crippen LogP contribution in [-0.2, 0) is 4.79 Å². The molecule has 1 saturated heterocycles. The van der Waals surface area contributed by atoms with Crippen LogP contribution in [0.1, 0.15) is 46.0 Å². The lowest BCUT2D eigenvalue weighted by Crippen LogP contribution is -2.50. The molecule has 0 aromatic heterocycles. The van der Waals surface area contributed by atoms with Gasteiger partial charge in [0.05, 0.1) is 0 Å². The average molecular weight is 238 g/mol. The number of rotatable bonds is 4. The fraction of sp³-hybridized carbons (Fsp3) is 0.929. The lowest BCUT2D eigenvalue weighted by Gasteiger charge is -2.36.